The van der Waals surface area contributed by atoms with Gasteiger partial charge in [-0.2, -0.15) is 0 Å². The van der Waals surface area contributed by atoms with Crippen molar-refractivity contribution in [1.29, 1.82) is 0 Å². The number of carbonyl (C=O) groups is 3. The van der Waals surface area contributed by atoms with Crippen molar-refractivity contribution in [3.05, 3.63) is 89.0 Å². The minimum Gasteiger partial charge on any atom is -0.331 e. The van der Waals surface area contributed by atoms with E-state index in [0.717, 1.165) is 17.5 Å². The number of rotatable bonds is 4. The molecule has 162 valence electrons. The Hall–Kier alpha value is -3.47. The van der Waals surface area contributed by atoms with E-state index in [9.17, 15) is 14.4 Å². The highest BCUT2D eigenvalue weighted by Gasteiger charge is 2.45. The monoisotopic (exact) mass is 426 g/mol. The maximum absolute atomic E-state index is 12.0. The van der Waals surface area contributed by atoms with Crippen molar-refractivity contribution in [2.24, 2.45) is 0 Å². The molecule has 2 heterocycles. The van der Waals surface area contributed by atoms with Gasteiger partial charge in [0.15, 0.2) is 0 Å². The Labute approximate surface area is 188 Å². The Balaban J connectivity index is 1.50. The molecular formula is C27H26N2O3. The molecule has 2 aromatic rings. The number of hydrogen-bond donors (Lipinski definition) is 0. The van der Waals surface area contributed by atoms with E-state index in [1.54, 1.807) is 6.08 Å². The average Bonchev–Trinajstić information content (AvgIpc) is 3.37. The predicted octanol–water partition coefficient (Wildman–Crippen LogP) is 4.00. The van der Waals surface area contributed by atoms with Gasteiger partial charge in [-0.3, -0.25) is 14.4 Å². The largest absolute Gasteiger partial charge is 0.331 e. The molecule has 32 heavy (non-hydrogen) atoms. The molecule has 3 amide bonds. The van der Waals surface area contributed by atoms with Crippen molar-refractivity contribution in [1.82, 2.24) is 4.90 Å². The van der Waals surface area contributed by atoms with Gasteiger partial charge in [0.05, 0.1) is 5.69 Å². The van der Waals surface area contributed by atoms with Gasteiger partial charge in [-0.25, -0.2) is 4.90 Å². The van der Waals surface area contributed by atoms with E-state index in [-0.39, 0.29) is 28.6 Å². The molecule has 1 atom stereocenters. The summed E-state index contributed by atoms with van der Waals surface area (Å²) in [7, 11) is 0. The first-order chi connectivity index (χ1) is 15.2. The lowest BCUT2D eigenvalue weighted by Crippen LogP contribution is -2.29. The van der Waals surface area contributed by atoms with E-state index in [1.165, 1.54) is 28.2 Å². The van der Waals surface area contributed by atoms with Crippen LogP contribution in [-0.2, 0) is 31.8 Å². The second kappa shape index (κ2) is 7.02. The molecule has 0 N–H and O–H groups in total. The van der Waals surface area contributed by atoms with Gasteiger partial charge in [0.25, 0.3) is 11.8 Å². The molecule has 1 aliphatic carbocycles. The smallest absolute Gasteiger partial charge is 0.258 e. The molecule has 0 spiro atoms. The number of nitrogens with zero attached hydrogens (tertiary/aromatic N) is 2. The standard InChI is InChI=1S/C27H26N2O3/c1-26(2)17-27(3,19-7-9-20(10-8-19)29-24(31)12-13-25(29)32)22-15-18(6-11-21(22)26)16-28-14-4-5-23(28)30/h4-13,15H,14,16-17H2,1-3H3. The van der Waals surface area contributed by atoms with Crippen molar-refractivity contribution in [2.45, 2.75) is 44.6 Å². The van der Waals surface area contributed by atoms with Crippen LogP contribution in [-0.4, -0.2) is 29.2 Å². The van der Waals surface area contributed by atoms with Crippen molar-refractivity contribution in [3.63, 3.8) is 0 Å². The van der Waals surface area contributed by atoms with Gasteiger partial charge in [0.2, 0.25) is 5.91 Å². The zero-order valence-corrected chi connectivity index (χ0v) is 18.6. The summed E-state index contributed by atoms with van der Waals surface area (Å²) in [6, 6.07) is 14.4. The predicted molar refractivity (Wildman–Crippen MR) is 123 cm³/mol. The zero-order chi connectivity index (χ0) is 22.7. The lowest BCUT2D eigenvalue weighted by Gasteiger charge is -2.29. The van der Waals surface area contributed by atoms with Crippen LogP contribution in [0.5, 0.6) is 0 Å². The summed E-state index contributed by atoms with van der Waals surface area (Å²) < 4.78 is 0. The summed E-state index contributed by atoms with van der Waals surface area (Å²) in [6.45, 7) is 8.05. The third kappa shape index (κ3) is 3.11. The van der Waals surface area contributed by atoms with E-state index in [4.69, 9.17) is 0 Å². The fraction of sp³-hybridized carbons (Fsp3) is 0.296. The lowest BCUT2D eigenvalue weighted by molar-refractivity contribution is -0.125. The van der Waals surface area contributed by atoms with Crippen molar-refractivity contribution in [2.75, 3.05) is 11.4 Å². The summed E-state index contributed by atoms with van der Waals surface area (Å²) >= 11 is 0. The van der Waals surface area contributed by atoms with E-state index in [1.807, 2.05) is 35.2 Å². The highest BCUT2D eigenvalue weighted by atomic mass is 16.2. The van der Waals surface area contributed by atoms with Crippen LogP contribution < -0.4 is 4.90 Å². The van der Waals surface area contributed by atoms with Crippen LogP contribution in [0.25, 0.3) is 0 Å². The Morgan fingerprint density at radius 2 is 1.50 bits per heavy atom. The summed E-state index contributed by atoms with van der Waals surface area (Å²) in [5.41, 5.74) is 5.27. The fourth-order valence-corrected chi connectivity index (χ4v) is 5.54. The van der Waals surface area contributed by atoms with Crippen LogP contribution >= 0.6 is 0 Å². The van der Waals surface area contributed by atoms with E-state index < -0.39 is 0 Å². The molecule has 2 aromatic carbocycles. The lowest BCUT2D eigenvalue weighted by atomic mass is 9.75. The molecule has 5 nitrogen and oxygen atoms in total. The minimum atomic E-state index is -0.308. The third-order valence-corrected chi connectivity index (χ3v) is 7.05. The number of fused-ring (bicyclic) bond motifs is 1. The van der Waals surface area contributed by atoms with Crippen LogP contribution in [0.2, 0.25) is 0 Å². The number of amides is 3. The number of carbonyl (C=O) groups excluding carboxylic acids is 3. The van der Waals surface area contributed by atoms with Gasteiger partial charge >= 0.3 is 0 Å². The van der Waals surface area contributed by atoms with E-state index in [0.29, 0.717) is 18.8 Å². The van der Waals surface area contributed by atoms with Gasteiger partial charge < -0.3 is 4.90 Å². The molecule has 3 aliphatic rings. The Bertz CT molecular complexity index is 1190. The minimum absolute atomic E-state index is 0.0110. The second-order valence-corrected chi connectivity index (χ2v) is 9.79. The first-order valence-electron chi connectivity index (χ1n) is 11.0. The molecule has 0 aromatic heterocycles. The van der Waals surface area contributed by atoms with Crippen molar-refractivity contribution in [3.8, 4) is 0 Å². The van der Waals surface area contributed by atoms with Gasteiger partial charge in [-0.1, -0.05) is 57.2 Å². The van der Waals surface area contributed by atoms with Gasteiger partial charge in [-0.15, -0.1) is 0 Å². The highest BCUT2D eigenvalue weighted by Crippen LogP contribution is 2.53. The molecule has 5 rings (SSSR count). The van der Waals surface area contributed by atoms with Crippen LogP contribution in [0.1, 0.15) is 49.4 Å². The van der Waals surface area contributed by atoms with Crippen molar-refractivity contribution >= 4 is 23.4 Å². The topological polar surface area (TPSA) is 57.7 Å². The molecule has 0 radical (unpaired) electrons. The molecule has 2 aliphatic heterocycles. The quantitative estimate of drug-likeness (QED) is 0.695. The van der Waals surface area contributed by atoms with Gasteiger partial charge in [-0.05, 0) is 46.2 Å². The first-order valence-corrected chi connectivity index (χ1v) is 11.0. The Morgan fingerprint density at radius 3 is 2.12 bits per heavy atom. The number of hydrogen-bond acceptors (Lipinski definition) is 3. The Morgan fingerprint density at radius 1 is 0.812 bits per heavy atom. The normalized spacial score (nSPS) is 23.5. The van der Waals surface area contributed by atoms with E-state index >= 15 is 0 Å². The van der Waals surface area contributed by atoms with Crippen molar-refractivity contribution < 1.29 is 14.4 Å². The van der Waals surface area contributed by atoms with Crippen LogP contribution in [0.3, 0.4) is 0 Å². The summed E-state index contributed by atoms with van der Waals surface area (Å²) in [5.74, 6) is -0.557. The molecule has 0 bridgehead atoms. The first kappa shape index (κ1) is 20.4. The van der Waals surface area contributed by atoms with Crippen LogP contribution in [0, 0.1) is 0 Å². The maximum atomic E-state index is 12.0. The summed E-state index contributed by atoms with van der Waals surface area (Å²) in [6.07, 6.45) is 7.08. The SMILES string of the molecule is CC1(C)CC(C)(c2ccc(N3C(=O)C=CC3=O)cc2)c2cc(CN3CC=CC3=O)ccc21. The van der Waals surface area contributed by atoms with Gasteiger partial charge in [0.1, 0.15) is 0 Å². The highest BCUT2D eigenvalue weighted by molar-refractivity contribution is 6.28. The maximum Gasteiger partial charge on any atom is 0.258 e. The molecule has 5 heteroatoms. The average molecular weight is 427 g/mol. The number of anilines is 1. The fourth-order valence-electron chi connectivity index (χ4n) is 5.54. The zero-order valence-electron chi connectivity index (χ0n) is 18.6. The molecule has 0 saturated carbocycles. The number of benzene rings is 2. The summed E-state index contributed by atoms with van der Waals surface area (Å²) in [5, 5.41) is 0. The molecule has 0 saturated heterocycles. The Kier molecular flexibility index (Phi) is 4.48. The third-order valence-electron chi connectivity index (χ3n) is 7.05. The molecule has 1 unspecified atom stereocenters. The van der Waals surface area contributed by atoms with E-state index in [2.05, 4.69) is 39.0 Å². The molecular weight excluding hydrogens is 400 g/mol. The number of imide groups is 1. The molecule has 0 fully saturated rings. The van der Waals surface area contributed by atoms with Crippen LogP contribution in [0.15, 0.2) is 66.8 Å². The second-order valence-electron chi connectivity index (χ2n) is 9.79. The summed E-state index contributed by atoms with van der Waals surface area (Å²) in [4.78, 5) is 39.1. The van der Waals surface area contributed by atoms with Gasteiger partial charge in [0, 0.05) is 36.7 Å². The van der Waals surface area contributed by atoms with Crippen LogP contribution in [0.4, 0.5) is 5.69 Å².